The van der Waals surface area contributed by atoms with Gasteiger partial charge < -0.3 is 27.9 Å². The molecule has 0 fully saturated rings. The molecule has 0 aliphatic carbocycles. The van der Waals surface area contributed by atoms with E-state index in [2.05, 4.69) is 86.8 Å². The predicted octanol–water partition coefficient (Wildman–Crippen LogP) is 19.4. The SMILES string of the molecule is CC/C=C\C/C=C\C/C=C\CCCCCC(=O)OCC(COP(=O)([O-])OCC[N+](C)(C)C)OC(=O)CCCCCCCCCCCCCCCCCCCCCCCCCC/C=C\C/C=C\C/C=C\CCCCCCC. The number of rotatable bonds is 58. The molecule has 0 aromatic heterocycles. The first-order valence-electron chi connectivity index (χ1n) is 31.6. The highest BCUT2D eigenvalue weighted by Gasteiger charge is 2.22. The van der Waals surface area contributed by atoms with Crippen LogP contribution in [0.2, 0.25) is 0 Å². The Bertz CT molecular complexity index is 1510. The lowest BCUT2D eigenvalue weighted by molar-refractivity contribution is -0.870. The summed E-state index contributed by atoms with van der Waals surface area (Å²) >= 11 is 0. The molecule has 0 amide bonds. The third-order valence-electron chi connectivity index (χ3n) is 13.7. The number of esters is 2. The fourth-order valence-electron chi connectivity index (χ4n) is 8.86. The maximum atomic E-state index is 12.8. The number of phosphoric ester groups is 1. The maximum Gasteiger partial charge on any atom is 0.306 e. The number of hydrogen-bond donors (Lipinski definition) is 0. The summed E-state index contributed by atoms with van der Waals surface area (Å²) in [5.74, 6) is -0.862. The number of likely N-dealkylation sites (N-methyl/N-ethyl adjacent to an activating group) is 1. The third kappa shape index (κ3) is 60.7. The molecule has 0 saturated carbocycles. The van der Waals surface area contributed by atoms with Crippen molar-refractivity contribution in [2.75, 3.05) is 47.5 Å². The standard InChI is InChI=1S/C66H120NO8P/c1-6-8-10-12-14-16-18-20-21-22-23-24-25-26-27-28-29-30-31-32-33-34-35-36-37-38-39-40-41-42-43-44-45-47-49-51-53-55-57-59-66(69)75-64(63-74-76(70,71)73-61-60-67(3,4)5)62-72-65(68)58-56-54-52-50-48-46-19-17-15-13-11-9-7-2/h9,11,15,17-18,20,22-23,25-26,46,48,64H,6-8,10,12-14,16,19,21,24,27-45,47,49-63H2,1-5H3/b11-9-,17-15-,20-18-,23-22-,26-25-,48-46-. The van der Waals surface area contributed by atoms with Crippen LogP contribution in [0.5, 0.6) is 0 Å². The van der Waals surface area contributed by atoms with Gasteiger partial charge in [0.05, 0.1) is 27.7 Å². The van der Waals surface area contributed by atoms with Crippen molar-refractivity contribution in [1.29, 1.82) is 0 Å². The van der Waals surface area contributed by atoms with E-state index in [1.54, 1.807) is 0 Å². The van der Waals surface area contributed by atoms with Gasteiger partial charge in [-0.3, -0.25) is 14.2 Å². The molecule has 0 aromatic rings. The maximum absolute atomic E-state index is 12.8. The van der Waals surface area contributed by atoms with Crippen LogP contribution in [0, 0.1) is 0 Å². The summed E-state index contributed by atoms with van der Waals surface area (Å²) in [6.45, 7) is 4.09. The summed E-state index contributed by atoms with van der Waals surface area (Å²) in [6.07, 6.45) is 75.7. The van der Waals surface area contributed by atoms with Crippen LogP contribution in [0.4, 0.5) is 0 Å². The lowest BCUT2D eigenvalue weighted by Gasteiger charge is -2.28. The molecular formula is C66H120NO8P. The Morgan fingerprint density at radius 2 is 0.750 bits per heavy atom. The Morgan fingerprint density at radius 3 is 1.13 bits per heavy atom. The highest BCUT2D eigenvalue weighted by Crippen LogP contribution is 2.38. The van der Waals surface area contributed by atoms with Crippen LogP contribution in [0.1, 0.15) is 284 Å². The van der Waals surface area contributed by atoms with Crippen LogP contribution in [-0.4, -0.2) is 70.0 Å². The molecule has 0 aliphatic heterocycles. The van der Waals surface area contributed by atoms with Crippen molar-refractivity contribution in [3.63, 3.8) is 0 Å². The predicted molar refractivity (Wildman–Crippen MR) is 323 cm³/mol. The summed E-state index contributed by atoms with van der Waals surface area (Å²) in [4.78, 5) is 37.8. The zero-order valence-corrected chi connectivity index (χ0v) is 51.1. The zero-order valence-electron chi connectivity index (χ0n) is 50.2. The molecule has 0 aliphatic rings. The molecule has 442 valence electrons. The van der Waals surface area contributed by atoms with Gasteiger partial charge in [-0.1, -0.05) is 260 Å². The van der Waals surface area contributed by atoms with Gasteiger partial charge in [-0.05, 0) is 83.5 Å². The van der Waals surface area contributed by atoms with E-state index >= 15 is 0 Å². The number of allylic oxidation sites excluding steroid dienone is 12. The lowest BCUT2D eigenvalue weighted by atomic mass is 10.0. The molecule has 10 heteroatoms. The zero-order chi connectivity index (χ0) is 55.6. The molecular weight excluding hydrogens is 966 g/mol. The van der Waals surface area contributed by atoms with E-state index in [1.165, 1.54) is 173 Å². The van der Waals surface area contributed by atoms with Gasteiger partial charge in [0.1, 0.15) is 19.8 Å². The normalized spacial score (nSPS) is 13.7. The average Bonchev–Trinajstić information content (AvgIpc) is 3.38. The molecule has 0 heterocycles. The topological polar surface area (TPSA) is 111 Å². The number of nitrogens with zero attached hydrogens (tertiary/aromatic N) is 1. The molecule has 2 unspecified atom stereocenters. The van der Waals surface area contributed by atoms with Crippen molar-refractivity contribution in [1.82, 2.24) is 0 Å². The molecule has 0 N–H and O–H groups in total. The van der Waals surface area contributed by atoms with Crippen molar-refractivity contribution in [2.45, 2.75) is 290 Å². The number of phosphoric acid groups is 1. The van der Waals surface area contributed by atoms with E-state index in [0.717, 1.165) is 70.6 Å². The number of quaternary nitrogens is 1. The molecule has 0 aromatic carbocycles. The minimum atomic E-state index is -4.64. The second kappa shape index (κ2) is 57.1. The van der Waals surface area contributed by atoms with Crippen molar-refractivity contribution in [3.8, 4) is 0 Å². The van der Waals surface area contributed by atoms with Gasteiger partial charge in [0.25, 0.3) is 7.82 Å². The molecule has 0 radical (unpaired) electrons. The number of unbranched alkanes of at least 4 members (excludes halogenated alkanes) is 32. The average molecular weight is 1090 g/mol. The summed E-state index contributed by atoms with van der Waals surface area (Å²) in [5, 5.41) is 0. The van der Waals surface area contributed by atoms with Gasteiger partial charge in [-0.2, -0.15) is 0 Å². The van der Waals surface area contributed by atoms with E-state index in [0.29, 0.717) is 23.9 Å². The molecule has 2 atom stereocenters. The van der Waals surface area contributed by atoms with Gasteiger partial charge in [0.15, 0.2) is 6.10 Å². The van der Waals surface area contributed by atoms with Crippen molar-refractivity contribution in [2.24, 2.45) is 0 Å². The monoisotopic (exact) mass is 1090 g/mol. The summed E-state index contributed by atoms with van der Waals surface area (Å²) in [5.41, 5.74) is 0. The number of carbonyl (C=O) groups excluding carboxylic acids is 2. The van der Waals surface area contributed by atoms with Gasteiger partial charge >= 0.3 is 11.9 Å². The fourth-order valence-corrected chi connectivity index (χ4v) is 9.58. The van der Waals surface area contributed by atoms with Crippen LogP contribution in [0.15, 0.2) is 72.9 Å². The minimum absolute atomic E-state index is 0.0365. The molecule has 76 heavy (non-hydrogen) atoms. The first-order valence-corrected chi connectivity index (χ1v) is 33.1. The Balaban J connectivity index is 3.90. The third-order valence-corrected chi connectivity index (χ3v) is 14.7. The van der Waals surface area contributed by atoms with Crippen LogP contribution in [0.3, 0.4) is 0 Å². The van der Waals surface area contributed by atoms with Crippen molar-refractivity contribution >= 4 is 19.8 Å². The first kappa shape index (κ1) is 73.5. The highest BCUT2D eigenvalue weighted by molar-refractivity contribution is 7.45. The van der Waals surface area contributed by atoms with Gasteiger partial charge in [0, 0.05) is 12.8 Å². The quantitative estimate of drug-likeness (QED) is 0.0195. The second-order valence-corrected chi connectivity index (χ2v) is 23.8. The lowest BCUT2D eigenvalue weighted by Crippen LogP contribution is -2.37. The van der Waals surface area contributed by atoms with Gasteiger partial charge in [-0.15, -0.1) is 0 Å². The molecule has 9 nitrogen and oxygen atoms in total. The molecule has 0 spiro atoms. The van der Waals surface area contributed by atoms with Gasteiger partial charge in [0.2, 0.25) is 0 Å². The van der Waals surface area contributed by atoms with Crippen LogP contribution in [0.25, 0.3) is 0 Å². The Labute approximate surface area is 469 Å². The molecule has 0 rings (SSSR count). The molecule has 0 bridgehead atoms. The van der Waals surface area contributed by atoms with Crippen LogP contribution in [-0.2, 0) is 32.7 Å². The Morgan fingerprint density at radius 1 is 0.421 bits per heavy atom. The Kier molecular flexibility index (Phi) is 55.2. The Hall–Kier alpha value is -2.55. The second-order valence-electron chi connectivity index (χ2n) is 22.4. The van der Waals surface area contributed by atoms with E-state index in [4.69, 9.17) is 18.5 Å². The van der Waals surface area contributed by atoms with Gasteiger partial charge in [-0.25, -0.2) is 0 Å². The first-order chi connectivity index (χ1) is 37.0. The molecule has 0 saturated heterocycles. The van der Waals surface area contributed by atoms with Crippen molar-refractivity contribution < 1.29 is 42.1 Å². The van der Waals surface area contributed by atoms with Crippen LogP contribution < -0.4 is 4.89 Å². The summed E-state index contributed by atoms with van der Waals surface area (Å²) in [7, 11) is 1.15. The highest BCUT2D eigenvalue weighted by atomic mass is 31.2. The van der Waals surface area contributed by atoms with Crippen LogP contribution >= 0.6 is 7.82 Å². The number of ether oxygens (including phenoxy) is 2. The summed E-state index contributed by atoms with van der Waals surface area (Å²) in [6, 6.07) is 0. The van der Waals surface area contributed by atoms with E-state index in [1.807, 2.05) is 21.1 Å². The largest absolute Gasteiger partial charge is 0.756 e. The fraction of sp³-hybridized carbons (Fsp3) is 0.788. The minimum Gasteiger partial charge on any atom is -0.756 e. The van der Waals surface area contributed by atoms with E-state index < -0.39 is 32.5 Å². The van der Waals surface area contributed by atoms with E-state index in [9.17, 15) is 19.0 Å². The van der Waals surface area contributed by atoms with E-state index in [-0.39, 0.29) is 26.1 Å². The summed E-state index contributed by atoms with van der Waals surface area (Å²) < 4.78 is 34.1. The number of carbonyl (C=O) groups is 2. The number of hydrogen-bond acceptors (Lipinski definition) is 8. The van der Waals surface area contributed by atoms with Crippen molar-refractivity contribution in [3.05, 3.63) is 72.9 Å². The smallest absolute Gasteiger partial charge is 0.306 e.